The van der Waals surface area contributed by atoms with Crippen LogP contribution < -0.4 is 5.73 Å². The van der Waals surface area contributed by atoms with Crippen molar-refractivity contribution in [3.05, 3.63) is 0 Å². The fourth-order valence-electron chi connectivity index (χ4n) is 2.42. The number of methoxy groups -OCH3 is 1. The highest BCUT2D eigenvalue weighted by atomic mass is 16.5. The second-order valence-electron chi connectivity index (χ2n) is 4.71. The Balaban J connectivity index is 2.37. The van der Waals surface area contributed by atoms with Crippen molar-refractivity contribution in [3.63, 3.8) is 0 Å². The summed E-state index contributed by atoms with van der Waals surface area (Å²) < 4.78 is 4.70. The van der Waals surface area contributed by atoms with Crippen LogP contribution in [0.3, 0.4) is 0 Å². The van der Waals surface area contributed by atoms with Gasteiger partial charge in [0.25, 0.3) is 0 Å². The third-order valence-corrected chi connectivity index (χ3v) is 3.44. The molecule has 16 heavy (non-hydrogen) atoms. The van der Waals surface area contributed by atoms with Gasteiger partial charge < -0.3 is 10.5 Å². The summed E-state index contributed by atoms with van der Waals surface area (Å²) in [4.78, 5) is 13.6. The predicted octanol–water partition coefficient (Wildman–Crippen LogP) is 0.999. The first-order valence-electron chi connectivity index (χ1n) is 6.18. The summed E-state index contributed by atoms with van der Waals surface area (Å²) in [6, 6.07) is 0.285. The van der Waals surface area contributed by atoms with Crippen molar-refractivity contribution >= 4 is 5.97 Å². The zero-order valence-electron chi connectivity index (χ0n) is 10.4. The van der Waals surface area contributed by atoms with Gasteiger partial charge in [-0.15, -0.1) is 0 Å². The van der Waals surface area contributed by atoms with Crippen LogP contribution in [0.5, 0.6) is 0 Å². The van der Waals surface area contributed by atoms with Gasteiger partial charge >= 0.3 is 5.97 Å². The van der Waals surface area contributed by atoms with Gasteiger partial charge in [-0.05, 0) is 45.2 Å². The molecule has 2 unspecified atom stereocenters. The van der Waals surface area contributed by atoms with E-state index in [0.29, 0.717) is 12.3 Å². The second kappa shape index (κ2) is 6.86. The van der Waals surface area contributed by atoms with Crippen LogP contribution >= 0.6 is 0 Å². The van der Waals surface area contributed by atoms with E-state index in [4.69, 9.17) is 10.5 Å². The maximum absolute atomic E-state index is 11.2. The van der Waals surface area contributed by atoms with E-state index in [-0.39, 0.29) is 12.0 Å². The van der Waals surface area contributed by atoms with Gasteiger partial charge in [-0.25, -0.2) is 0 Å². The largest absolute Gasteiger partial charge is 0.469 e. The number of likely N-dealkylation sites (tertiary alicyclic amines) is 1. The molecule has 0 aromatic carbocycles. The van der Waals surface area contributed by atoms with Gasteiger partial charge in [0.1, 0.15) is 0 Å². The summed E-state index contributed by atoms with van der Waals surface area (Å²) in [5, 5.41) is 0. The van der Waals surface area contributed by atoms with Gasteiger partial charge in [0.05, 0.1) is 13.5 Å². The van der Waals surface area contributed by atoms with Crippen LogP contribution in [0.2, 0.25) is 0 Å². The zero-order valence-corrected chi connectivity index (χ0v) is 10.4. The summed E-state index contributed by atoms with van der Waals surface area (Å²) >= 11 is 0. The monoisotopic (exact) mass is 228 g/mol. The molecule has 0 radical (unpaired) electrons. The second-order valence-corrected chi connectivity index (χ2v) is 4.71. The molecule has 0 aliphatic carbocycles. The summed E-state index contributed by atoms with van der Waals surface area (Å²) in [7, 11) is 1.45. The Morgan fingerprint density at radius 3 is 3.00 bits per heavy atom. The molecule has 0 saturated carbocycles. The van der Waals surface area contributed by atoms with Gasteiger partial charge in [0, 0.05) is 12.6 Å². The van der Waals surface area contributed by atoms with Gasteiger partial charge in [-0.1, -0.05) is 0 Å². The number of esters is 1. The molecular weight excluding hydrogens is 204 g/mol. The summed E-state index contributed by atoms with van der Waals surface area (Å²) in [5.74, 6) is 0.590. The molecule has 1 aliphatic rings. The zero-order chi connectivity index (χ0) is 12.0. The number of ether oxygens (including phenoxy) is 1. The number of carbonyl (C=O) groups is 1. The SMILES string of the molecule is COC(=O)CC(C)N1CCCC(CCN)C1. The van der Waals surface area contributed by atoms with Crippen molar-refractivity contribution in [1.29, 1.82) is 0 Å². The number of hydrogen-bond donors (Lipinski definition) is 1. The van der Waals surface area contributed by atoms with Crippen LogP contribution in [0.15, 0.2) is 0 Å². The maximum atomic E-state index is 11.2. The quantitative estimate of drug-likeness (QED) is 0.713. The average Bonchev–Trinajstić information content (AvgIpc) is 2.29. The van der Waals surface area contributed by atoms with E-state index in [9.17, 15) is 4.79 Å². The van der Waals surface area contributed by atoms with Crippen molar-refractivity contribution in [1.82, 2.24) is 4.90 Å². The van der Waals surface area contributed by atoms with E-state index < -0.39 is 0 Å². The molecule has 0 spiro atoms. The van der Waals surface area contributed by atoms with Crippen LogP contribution in [-0.4, -0.2) is 43.7 Å². The topological polar surface area (TPSA) is 55.6 Å². The van der Waals surface area contributed by atoms with Crippen molar-refractivity contribution in [3.8, 4) is 0 Å². The average molecular weight is 228 g/mol. The molecule has 1 aliphatic heterocycles. The molecule has 0 aromatic heterocycles. The van der Waals surface area contributed by atoms with Gasteiger partial charge in [0.15, 0.2) is 0 Å². The van der Waals surface area contributed by atoms with E-state index >= 15 is 0 Å². The highest BCUT2D eigenvalue weighted by molar-refractivity contribution is 5.69. The van der Waals surface area contributed by atoms with Crippen molar-refractivity contribution in [2.75, 3.05) is 26.7 Å². The lowest BCUT2D eigenvalue weighted by Gasteiger charge is -2.36. The highest BCUT2D eigenvalue weighted by Gasteiger charge is 2.24. The number of nitrogens with two attached hydrogens (primary N) is 1. The molecule has 1 heterocycles. The lowest BCUT2D eigenvalue weighted by atomic mass is 9.93. The maximum Gasteiger partial charge on any atom is 0.307 e. The number of carbonyl (C=O) groups excluding carboxylic acids is 1. The Morgan fingerprint density at radius 2 is 2.38 bits per heavy atom. The van der Waals surface area contributed by atoms with Crippen molar-refractivity contribution < 1.29 is 9.53 Å². The fraction of sp³-hybridized carbons (Fsp3) is 0.917. The molecule has 0 amide bonds. The molecule has 94 valence electrons. The highest BCUT2D eigenvalue weighted by Crippen LogP contribution is 2.21. The van der Waals surface area contributed by atoms with Crippen LogP contribution in [0, 0.1) is 5.92 Å². The van der Waals surface area contributed by atoms with Crippen LogP contribution in [0.1, 0.15) is 32.6 Å². The molecule has 2 atom stereocenters. The first kappa shape index (κ1) is 13.5. The molecule has 0 aromatic rings. The van der Waals surface area contributed by atoms with Crippen molar-refractivity contribution in [2.45, 2.75) is 38.6 Å². The molecule has 0 bridgehead atoms. The minimum absolute atomic E-state index is 0.117. The Kier molecular flexibility index (Phi) is 5.77. The molecule has 4 nitrogen and oxygen atoms in total. The first-order chi connectivity index (χ1) is 7.67. The summed E-state index contributed by atoms with van der Waals surface area (Å²) in [5.41, 5.74) is 5.59. The number of rotatable bonds is 5. The molecule has 2 N–H and O–H groups in total. The lowest BCUT2D eigenvalue weighted by Crippen LogP contribution is -2.42. The molecular formula is C12H24N2O2. The first-order valence-corrected chi connectivity index (χ1v) is 6.18. The standard InChI is InChI=1S/C12H24N2O2/c1-10(8-12(15)16-2)14-7-3-4-11(9-14)5-6-13/h10-11H,3-9,13H2,1-2H3. The Labute approximate surface area is 98.1 Å². The van der Waals surface area contributed by atoms with Crippen LogP contribution in [0.4, 0.5) is 0 Å². The fourth-order valence-corrected chi connectivity index (χ4v) is 2.42. The van der Waals surface area contributed by atoms with Gasteiger partial charge in [-0.3, -0.25) is 9.69 Å². The van der Waals surface area contributed by atoms with E-state index in [0.717, 1.165) is 26.1 Å². The predicted molar refractivity (Wildman–Crippen MR) is 64.1 cm³/mol. The van der Waals surface area contributed by atoms with E-state index in [1.165, 1.54) is 20.0 Å². The third kappa shape index (κ3) is 4.10. The van der Waals surface area contributed by atoms with E-state index in [1.807, 2.05) is 0 Å². The number of nitrogens with zero attached hydrogens (tertiary/aromatic N) is 1. The van der Waals surface area contributed by atoms with Gasteiger partial charge in [-0.2, -0.15) is 0 Å². The summed E-state index contributed by atoms with van der Waals surface area (Å²) in [6.45, 7) is 5.04. The van der Waals surface area contributed by atoms with E-state index in [2.05, 4.69) is 11.8 Å². The van der Waals surface area contributed by atoms with Crippen LogP contribution in [-0.2, 0) is 9.53 Å². The molecule has 4 heteroatoms. The minimum atomic E-state index is -0.117. The Bertz CT molecular complexity index is 219. The molecule has 1 saturated heterocycles. The molecule has 1 fully saturated rings. The normalized spacial score (nSPS) is 24.1. The Hall–Kier alpha value is -0.610. The number of hydrogen-bond acceptors (Lipinski definition) is 4. The van der Waals surface area contributed by atoms with Crippen molar-refractivity contribution in [2.24, 2.45) is 11.7 Å². The molecule has 1 rings (SSSR count). The van der Waals surface area contributed by atoms with Crippen LogP contribution in [0.25, 0.3) is 0 Å². The third-order valence-electron chi connectivity index (χ3n) is 3.44. The number of piperidine rings is 1. The minimum Gasteiger partial charge on any atom is -0.469 e. The summed E-state index contributed by atoms with van der Waals surface area (Å²) in [6.07, 6.45) is 4.09. The Morgan fingerprint density at radius 1 is 1.62 bits per heavy atom. The van der Waals surface area contributed by atoms with E-state index in [1.54, 1.807) is 0 Å². The smallest absolute Gasteiger partial charge is 0.307 e. The van der Waals surface area contributed by atoms with Gasteiger partial charge in [0.2, 0.25) is 0 Å². The lowest BCUT2D eigenvalue weighted by molar-refractivity contribution is -0.142.